The Balaban J connectivity index is 2.12. The number of aromatic hydroxyl groups is 1. The van der Waals surface area contributed by atoms with Crippen LogP contribution >= 0.6 is 0 Å². The summed E-state index contributed by atoms with van der Waals surface area (Å²) in [6.07, 6.45) is 1.48. The van der Waals surface area contributed by atoms with Gasteiger partial charge in [0.05, 0.1) is 6.21 Å². The predicted octanol–water partition coefficient (Wildman–Crippen LogP) is 0.996. The monoisotopic (exact) mass is 254 g/mol. The average molecular weight is 254 g/mol. The van der Waals surface area contributed by atoms with E-state index >= 15 is 0 Å². The van der Waals surface area contributed by atoms with E-state index in [9.17, 15) is 5.11 Å². The molecule has 1 heterocycles. The largest absolute Gasteiger partial charge is 0.507 e. The van der Waals surface area contributed by atoms with Crippen LogP contribution in [0.3, 0.4) is 0 Å². The number of benzene rings is 2. The fourth-order valence-electron chi connectivity index (χ4n) is 1.80. The number of phenolic OH excluding ortho intramolecular Hbond substituents is 1. The molecule has 0 amide bonds. The predicted molar refractivity (Wildman–Crippen MR) is 70.8 cm³/mol. The molecule has 0 saturated heterocycles. The number of aromatic nitrogens is 4. The maximum Gasteiger partial charge on any atom is 0.263 e. The highest BCUT2D eigenvalue weighted by Crippen LogP contribution is 2.25. The number of hydrogen-bond donors (Lipinski definition) is 2. The van der Waals surface area contributed by atoms with Crippen LogP contribution in [0.4, 0.5) is 5.95 Å². The molecule has 0 atom stereocenters. The first-order valence-corrected chi connectivity index (χ1v) is 5.54. The minimum absolute atomic E-state index is 0.0796. The number of nitrogen functional groups attached to an aromatic ring is 1. The maximum absolute atomic E-state index is 9.92. The van der Waals surface area contributed by atoms with Crippen molar-refractivity contribution in [1.82, 2.24) is 20.3 Å². The molecule has 0 unspecified atom stereocenters. The summed E-state index contributed by atoms with van der Waals surface area (Å²) in [5, 5.41) is 26.3. The number of rotatable bonds is 2. The van der Waals surface area contributed by atoms with Gasteiger partial charge in [0, 0.05) is 5.56 Å². The molecule has 0 aliphatic heterocycles. The maximum atomic E-state index is 9.92. The van der Waals surface area contributed by atoms with Gasteiger partial charge >= 0.3 is 0 Å². The Labute approximate surface area is 108 Å². The SMILES string of the molecule is Nc1nnnn1/N=C/c1c(O)ccc2ccccc12. The number of anilines is 1. The summed E-state index contributed by atoms with van der Waals surface area (Å²) in [5.41, 5.74) is 6.10. The normalized spacial score (nSPS) is 11.4. The van der Waals surface area contributed by atoms with Gasteiger partial charge in [0.2, 0.25) is 0 Å². The minimum Gasteiger partial charge on any atom is -0.507 e. The number of tetrazole rings is 1. The molecule has 0 spiro atoms. The van der Waals surface area contributed by atoms with Crippen LogP contribution in [0, 0.1) is 0 Å². The van der Waals surface area contributed by atoms with Crippen molar-refractivity contribution in [2.24, 2.45) is 5.10 Å². The van der Waals surface area contributed by atoms with Crippen LogP contribution in [-0.2, 0) is 0 Å². The molecule has 19 heavy (non-hydrogen) atoms. The summed E-state index contributed by atoms with van der Waals surface area (Å²) in [6, 6.07) is 11.1. The molecule has 94 valence electrons. The van der Waals surface area contributed by atoms with Gasteiger partial charge in [-0.05, 0) is 27.3 Å². The molecule has 2 aromatic carbocycles. The third-order valence-corrected chi connectivity index (χ3v) is 2.72. The van der Waals surface area contributed by atoms with Crippen LogP contribution in [0.15, 0.2) is 41.5 Å². The van der Waals surface area contributed by atoms with E-state index in [2.05, 4.69) is 20.6 Å². The van der Waals surface area contributed by atoms with E-state index < -0.39 is 0 Å². The van der Waals surface area contributed by atoms with E-state index in [1.807, 2.05) is 30.3 Å². The minimum atomic E-state index is 0.0796. The van der Waals surface area contributed by atoms with Gasteiger partial charge in [-0.2, -0.15) is 5.10 Å². The first-order chi connectivity index (χ1) is 9.25. The van der Waals surface area contributed by atoms with Crippen LogP contribution in [-0.4, -0.2) is 31.6 Å². The summed E-state index contributed by atoms with van der Waals surface area (Å²) in [4.78, 5) is 1.08. The summed E-state index contributed by atoms with van der Waals surface area (Å²) >= 11 is 0. The van der Waals surface area contributed by atoms with Crippen LogP contribution in [0.25, 0.3) is 10.8 Å². The van der Waals surface area contributed by atoms with Crippen LogP contribution in [0.5, 0.6) is 5.75 Å². The number of fused-ring (bicyclic) bond motifs is 1. The zero-order chi connectivity index (χ0) is 13.2. The lowest BCUT2D eigenvalue weighted by atomic mass is 10.0. The summed E-state index contributed by atoms with van der Waals surface area (Å²) < 4.78 is 0. The first-order valence-electron chi connectivity index (χ1n) is 5.54. The Hall–Kier alpha value is -2.96. The van der Waals surface area contributed by atoms with E-state index in [0.717, 1.165) is 15.6 Å². The van der Waals surface area contributed by atoms with E-state index in [-0.39, 0.29) is 11.7 Å². The second kappa shape index (κ2) is 4.37. The lowest BCUT2D eigenvalue weighted by Crippen LogP contribution is -2.00. The van der Waals surface area contributed by atoms with Crippen molar-refractivity contribution in [1.29, 1.82) is 0 Å². The lowest BCUT2D eigenvalue weighted by Gasteiger charge is -2.04. The molecule has 3 N–H and O–H groups in total. The average Bonchev–Trinajstić information content (AvgIpc) is 2.83. The fraction of sp³-hybridized carbons (Fsp3) is 0. The van der Waals surface area contributed by atoms with Crippen molar-refractivity contribution in [2.45, 2.75) is 0 Å². The standard InChI is InChI=1S/C12H10N6O/c13-12-15-16-17-18(12)14-7-10-9-4-2-1-3-8(9)5-6-11(10)19/h1-7,19H,(H2,13,15,17)/b14-7+. The van der Waals surface area contributed by atoms with Gasteiger partial charge in [0.1, 0.15) is 5.75 Å². The molecule has 0 saturated carbocycles. The van der Waals surface area contributed by atoms with Gasteiger partial charge in [-0.3, -0.25) is 0 Å². The highest BCUT2D eigenvalue weighted by molar-refractivity contribution is 6.02. The van der Waals surface area contributed by atoms with Gasteiger partial charge in [0.15, 0.2) is 0 Å². The summed E-state index contributed by atoms with van der Waals surface area (Å²) in [7, 11) is 0. The van der Waals surface area contributed by atoms with Crippen molar-refractivity contribution in [3.63, 3.8) is 0 Å². The Bertz CT molecular complexity index is 764. The third kappa shape index (κ3) is 1.97. The summed E-state index contributed by atoms with van der Waals surface area (Å²) in [6.45, 7) is 0. The van der Waals surface area contributed by atoms with Crippen molar-refractivity contribution < 1.29 is 5.11 Å². The van der Waals surface area contributed by atoms with Gasteiger partial charge in [0.25, 0.3) is 5.95 Å². The van der Waals surface area contributed by atoms with Crippen LogP contribution in [0.1, 0.15) is 5.56 Å². The van der Waals surface area contributed by atoms with Gasteiger partial charge in [-0.1, -0.05) is 40.2 Å². The number of nitrogens with two attached hydrogens (primary N) is 1. The van der Waals surface area contributed by atoms with Crippen molar-refractivity contribution in [2.75, 3.05) is 5.73 Å². The second-order valence-corrected chi connectivity index (χ2v) is 3.89. The fourth-order valence-corrected chi connectivity index (χ4v) is 1.80. The second-order valence-electron chi connectivity index (χ2n) is 3.89. The molecular weight excluding hydrogens is 244 g/mol. The molecule has 7 nitrogen and oxygen atoms in total. The first kappa shape index (κ1) is 11.1. The van der Waals surface area contributed by atoms with Gasteiger partial charge < -0.3 is 10.8 Å². The molecule has 7 heteroatoms. The highest BCUT2D eigenvalue weighted by Gasteiger charge is 2.05. The van der Waals surface area contributed by atoms with Crippen molar-refractivity contribution in [3.8, 4) is 5.75 Å². The van der Waals surface area contributed by atoms with Crippen molar-refractivity contribution >= 4 is 22.9 Å². The summed E-state index contributed by atoms with van der Waals surface area (Å²) in [5.74, 6) is 0.213. The van der Waals surface area contributed by atoms with E-state index in [4.69, 9.17) is 5.73 Å². The van der Waals surface area contributed by atoms with E-state index in [0.29, 0.717) is 5.56 Å². The van der Waals surface area contributed by atoms with Gasteiger partial charge in [-0.25, -0.2) is 0 Å². The highest BCUT2D eigenvalue weighted by atomic mass is 16.3. The Morgan fingerprint density at radius 2 is 2.05 bits per heavy atom. The van der Waals surface area contributed by atoms with Crippen LogP contribution in [0.2, 0.25) is 0 Å². The third-order valence-electron chi connectivity index (χ3n) is 2.72. The Kier molecular flexibility index (Phi) is 2.57. The number of nitrogens with zero attached hydrogens (tertiary/aromatic N) is 5. The van der Waals surface area contributed by atoms with Crippen molar-refractivity contribution in [3.05, 3.63) is 42.0 Å². The lowest BCUT2D eigenvalue weighted by molar-refractivity contribution is 0.475. The molecule has 0 fully saturated rings. The smallest absolute Gasteiger partial charge is 0.263 e. The molecule has 0 bridgehead atoms. The Morgan fingerprint density at radius 1 is 1.21 bits per heavy atom. The zero-order valence-corrected chi connectivity index (χ0v) is 9.80. The van der Waals surface area contributed by atoms with E-state index in [1.54, 1.807) is 6.07 Å². The number of hydrogen-bond acceptors (Lipinski definition) is 6. The molecular formula is C12H10N6O. The molecule has 0 aliphatic carbocycles. The van der Waals surface area contributed by atoms with Gasteiger partial charge in [-0.15, -0.1) is 0 Å². The molecule has 3 rings (SSSR count). The molecule has 0 aliphatic rings. The molecule has 3 aromatic rings. The van der Waals surface area contributed by atoms with E-state index in [1.165, 1.54) is 6.21 Å². The number of phenols is 1. The topological polar surface area (TPSA) is 102 Å². The zero-order valence-electron chi connectivity index (χ0n) is 9.80. The molecule has 0 radical (unpaired) electrons. The van der Waals surface area contributed by atoms with Crippen LogP contribution < -0.4 is 5.73 Å². The quantitative estimate of drug-likeness (QED) is 0.664. The molecule has 1 aromatic heterocycles. The Morgan fingerprint density at radius 3 is 2.84 bits per heavy atom.